The molecule has 0 aliphatic rings. The number of carbonyl (C=O) groups is 3. The first-order valence-electron chi connectivity index (χ1n) is 18.1. The van der Waals surface area contributed by atoms with Crippen LogP contribution in [-0.2, 0) is 44.5 Å². The summed E-state index contributed by atoms with van der Waals surface area (Å²) in [7, 11) is 1.60. The van der Waals surface area contributed by atoms with Crippen molar-refractivity contribution in [2.75, 3.05) is 27.4 Å². The van der Waals surface area contributed by atoms with Gasteiger partial charge in [0.2, 0.25) is 0 Å². The second-order valence-electron chi connectivity index (χ2n) is 14.4. The molecule has 0 heterocycles. The third kappa shape index (κ3) is 12.3. The van der Waals surface area contributed by atoms with Gasteiger partial charge in [-0.3, -0.25) is 4.79 Å². The van der Waals surface area contributed by atoms with Gasteiger partial charge < -0.3 is 24.1 Å². The summed E-state index contributed by atoms with van der Waals surface area (Å²) in [5.74, 6) is -3.93. The van der Waals surface area contributed by atoms with Crippen LogP contribution in [0.2, 0.25) is 0 Å². The minimum atomic E-state index is -5.09. The molecular weight excluding hydrogens is 722 g/mol. The molecule has 4 unspecified atom stereocenters. The Morgan fingerprint density at radius 3 is 1.50 bits per heavy atom. The van der Waals surface area contributed by atoms with E-state index >= 15 is 0 Å². The van der Waals surface area contributed by atoms with E-state index in [9.17, 15) is 45.8 Å². The van der Waals surface area contributed by atoms with E-state index in [1.807, 2.05) is 6.92 Å². The molecule has 0 spiro atoms. The van der Waals surface area contributed by atoms with Crippen LogP contribution in [0.4, 0.5) is 26.3 Å². The highest BCUT2D eigenvalue weighted by molar-refractivity contribution is 5.83. The van der Waals surface area contributed by atoms with Gasteiger partial charge in [0.05, 0.1) is 18.8 Å². The van der Waals surface area contributed by atoms with Gasteiger partial charge in [-0.2, -0.15) is 26.3 Å². The summed E-state index contributed by atoms with van der Waals surface area (Å²) < 4.78 is 104. The summed E-state index contributed by atoms with van der Waals surface area (Å²) in [6.45, 7) is 6.42. The standard InChI is InChI=1S/C40H54F6O8/c1-28(21-22-33(47)30(3)23-26-53-34(48)37(51-5,39(41,42)43)31-17-9-7-10-18-31)15-13-24-36(4,50)25-14-16-29(2)27-54-35(49)38(52-6,40(44,45)46)32-19-11-8-12-20-32/h7-12,17-20,28-30,50H,13-16,21-27H2,1-6H3/t28-,29?,30?,36+,37?,38?/m1/s1. The van der Waals surface area contributed by atoms with Crippen LogP contribution in [0.1, 0.15) is 96.6 Å². The Hall–Kier alpha value is -3.49. The largest absolute Gasteiger partial charge is 0.463 e. The third-order valence-corrected chi connectivity index (χ3v) is 9.89. The molecule has 0 fully saturated rings. The van der Waals surface area contributed by atoms with Crippen molar-refractivity contribution >= 4 is 17.7 Å². The van der Waals surface area contributed by atoms with Crippen LogP contribution < -0.4 is 0 Å². The molecule has 1 N–H and O–H groups in total. The molecule has 2 rings (SSSR count). The van der Waals surface area contributed by atoms with Crippen molar-refractivity contribution in [3.63, 3.8) is 0 Å². The minimum Gasteiger partial charge on any atom is -0.463 e. The average molecular weight is 777 g/mol. The lowest BCUT2D eigenvalue weighted by Gasteiger charge is -2.32. The highest BCUT2D eigenvalue weighted by Gasteiger charge is 2.65. The van der Waals surface area contributed by atoms with E-state index in [0.717, 1.165) is 44.9 Å². The van der Waals surface area contributed by atoms with Gasteiger partial charge in [-0.15, -0.1) is 0 Å². The SMILES string of the molecule is COC(C(=O)OCCC(C)C(=O)CC[C@H](C)CCC[C@](C)(O)CCCC(C)COC(=O)C(OC)(c1ccccc1)C(F)(F)F)(c1ccccc1)C(F)(F)F. The van der Waals surface area contributed by atoms with Crippen molar-refractivity contribution in [1.29, 1.82) is 0 Å². The van der Waals surface area contributed by atoms with E-state index in [2.05, 4.69) is 0 Å². The molecule has 0 aliphatic carbocycles. The smallest absolute Gasteiger partial charge is 0.432 e. The number of methoxy groups -OCH3 is 2. The predicted octanol–water partition coefficient (Wildman–Crippen LogP) is 9.02. The zero-order chi connectivity index (χ0) is 40.8. The Morgan fingerprint density at radius 1 is 0.648 bits per heavy atom. The maximum atomic E-state index is 14.1. The molecule has 14 heteroatoms. The van der Waals surface area contributed by atoms with Gasteiger partial charge >= 0.3 is 24.3 Å². The van der Waals surface area contributed by atoms with Gasteiger partial charge in [0, 0.05) is 37.7 Å². The van der Waals surface area contributed by atoms with Crippen LogP contribution in [-0.4, -0.2) is 68.2 Å². The molecule has 2 aromatic carbocycles. The maximum Gasteiger partial charge on any atom is 0.432 e. The van der Waals surface area contributed by atoms with Crippen LogP contribution in [0.5, 0.6) is 0 Å². The number of aliphatic hydroxyl groups is 1. The molecule has 0 bridgehead atoms. The number of ketones is 1. The fraction of sp³-hybridized carbons (Fsp3) is 0.625. The van der Waals surface area contributed by atoms with E-state index in [-0.39, 0.29) is 42.6 Å². The summed E-state index contributed by atoms with van der Waals surface area (Å²) in [6, 6.07) is 13.1. The lowest BCUT2D eigenvalue weighted by Crippen LogP contribution is -2.52. The monoisotopic (exact) mass is 776 g/mol. The Kier molecular flexibility index (Phi) is 17.7. The summed E-state index contributed by atoms with van der Waals surface area (Å²) in [5, 5.41) is 10.9. The van der Waals surface area contributed by atoms with Gasteiger partial charge in [-0.25, -0.2) is 9.59 Å². The van der Waals surface area contributed by atoms with E-state index in [4.69, 9.17) is 18.9 Å². The zero-order valence-corrected chi connectivity index (χ0v) is 31.9. The van der Waals surface area contributed by atoms with Crippen molar-refractivity contribution in [3.05, 3.63) is 71.8 Å². The van der Waals surface area contributed by atoms with Crippen molar-refractivity contribution in [3.8, 4) is 0 Å². The number of halogens is 6. The number of ether oxygens (including phenoxy) is 4. The molecule has 0 aromatic heterocycles. The van der Waals surface area contributed by atoms with Gasteiger partial charge in [0.25, 0.3) is 11.2 Å². The van der Waals surface area contributed by atoms with Crippen molar-refractivity contribution < 1.29 is 64.8 Å². The number of esters is 2. The summed E-state index contributed by atoms with van der Waals surface area (Å²) in [6.07, 6.45) is -5.92. The number of carbonyl (C=O) groups excluding carboxylic acids is 3. The van der Waals surface area contributed by atoms with E-state index < -0.39 is 59.2 Å². The summed E-state index contributed by atoms with van der Waals surface area (Å²) >= 11 is 0. The Labute approximate surface area is 313 Å². The third-order valence-electron chi connectivity index (χ3n) is 9.89. The first-order chi connectivity index (χ1) is 25.2. The molecule has 54 heavy (non-hydrogen) atoms. The van der Waals surface area contributed by atoms with Gasteiger partial charge in [0.15, 0.2) is 0 Å². The van der Waals surface area contributed by atoms with Crippen LogP contribution >= 0.6 is 0 Å². The molecular formula is C40H54F6O8. The molecule has 0 aliphatic heterocycles. The van der Waals surface area contributed by atoms with E-state index in [1.165, 1.54) is 36.4 Å². The maximum absolute atomic E-state index is 14.1. The summed E-state index contributed by atoms with van der Waals surface area (Å²) in [5.41, 5.74) is -8.34. The first-order valence-corrected chi connectivity index (χ1v) is 18.1. The zero-order valence-electron chi connectivity index (χ0n) is 31.9. The number of rotatable bonds is 23. The average Bonchev–Trinajstić information content (AvgIpc) is 3.10. The van der Waals surface area contributed by atoms with Crippen molar-refractivity contribution in [2.24, 2.45) is 17.8 Å². The highest BCUT2D eigenvalue weighted by atomic mass is 19.4. The molecule has 304 valence electrons. The van der Waals surface area contributed by atoms with Crippen molar-refractivity contribution in [2.45, 2.75) is 115 Å². The highest BCUT2D eigenvalue weighted by Crippen LogP contribution is 2.44. The number of hydrogen-bond donors (Lipinski definition) is 1. The van der Waals surface area contributed by atoms with Gasteiger partial charge in [0.1, 0.15) is 5.78 Å². The molecule has 0 saturated heterocycles. The van der Waals surface area contributed by atoms with Crippen LogP contribution in [0, 0.1) is 17.8 Å². The fourth-order valence-corrected chi connectivity index (χ4v) is 6.34. The molecule has 2 aromatic rings. The molecule has 0 amide bonds. The summed E-state index contributed by atoms with van der Waals surface area (Å²) in [4.78, 5) is 38.2. The first kappa shape index (κ1) is 46.7. The molecule has 6 atom stereocenters. The lowest BCUT2D eigenvalue weighted by molar-refractivity contribution is -0.277. The molecule has 0 radical (unpaired) electrons. The Bertz CT molecular complexity index is 1450. The topological polar surface area (TPSA) is 108 Å². The number of alkyl halides is 6. The van der Waals surface area contributed by atoms with Crippen LogP contribution in [0.25, 0.3) is 0 Å². The molecule has 8 nitrogen and oxygen atoms in total. The van der Waals surface area contributed by atoms with Gasteiger partial charge in [-0.1, -0.05) is 101 Å². The van der Waals surface area contributed by atoms with Gasteiger partial charge in [-0.05, 0) is 50.9 Å². The lowest BCUT2D eigenvalue weighted by atomic mass is 9.88. The Balaban J connectivity index is 1.72. The number of benzene rings is 2. The van der Waals surface area contributed by atoms with Crippen LogP contribution in [0.3, 0.4) is 0 Å². The minimum absolute atomic E-state index is 0.0461. The van der Waals surface area contributed by atoms with Crippen molar-refractivity contribution in [1.82, 2.24) is 0 Å². The predicted molar refractivity (Wildman–Crippen MR) is 189 cm³/mol. The number of Topliss-reactive ketones (excluding diaryl/α,β-unsaturated/α-hetero) is 1. The van der Waals surface area contributed by atoms with E-state index in [1.54, 1.807) is 20.8 Å². The quantitative estimate of drug-likeness (QED) is 0.0881. The van der Waals surface area contributed by atoms with E-state index in [0.29, 0.717) is 38.5 Å². The normalized spacial score (nSPS) is 17.3. The second-order valence-corrected chi connectivity index (χ2v) is 14.4. The fourth-order valence-electron chi connectivity index (χ4n) is 6.34. The molecule has 0 saturated carbocycles. The second kappa shape index (κ2) is 20.4. The number of hydrogen-bond acceptors (Lipinski definition) is 8. The Morgan fingerprint density at radius 2 is 1.07 bits per heavy atom. The van der Waals surface area contributed by atoms with Crippen LogP contribution in [0.15, 0.2) is 60.7 Å².